The maximum atomic E-state index is 11.8. The Morgan fingerprint density at radius 1 is 1.29 bits per heavy atom. The third-order valence-corrected chi connectivity index (χ3v) is 4.92. The number of halogens is 1. The molecule has 1 N–H and O–H groups in total. The molecule has 2 heterocycles. The number of furan rings is 1. The van der Waals surface area contributed by atoms with Crippen molar-refractivity contribution >= 4 is 23.6 Å². The molecule has 0 radical (unpaired) electrons. The zero-order valence-corrected chi connectivity index (χ0v) is 16.5. The Morgan fingerprint density at radius 2 is 2.11 bits per heavy atom. The van der Waals surface area contributed by atoms with Crippen LogP contribution >= 0.6 is 11.6 Å². The minimum absolute atomic E-state index is 0.212. The van der Waals surface area contributed by atoms with Crippen molar-refractivity contribution in [3.8, 4) is 0 Å². The predicted molar refractivity (Wildman–Crippen MR) is 109 cm³/mol. The summed E-state index contributed by atoms with van der Waals surface area (Å²) in [6, 6.07) is 11.2. The van der Waals surface area contributed by atoms with E-state index < -0.39 is 5.97 Å². The van der Waals surface area contributed by atoms with Crippen LogP contribution in [0.25, 0.3) is 6.08 Å². The first-order chi connectivity index (χ1) is 13.6. The average Bonchev–Trinajstić information content (AvgIpc) is 3.32. The largest absolute Gasteiger partial charge is 0.478 e. The zero-order valence-electron chi connectivity index (χ0n) is 15.8. The van der Waals surface area contributed by atoms with Crippen molar-refractivity contribution in [2.24, 2.45) is 0 Å². The van der Waals surface area contributed by atoms with Crippen LogP contribution in [-0.2, 0) is 24.2 Å². The minimum atomic E-state index is -0.975. The molecule has 0 bridgehead atoms. The lowest BCUT2D eigenvalue weighted by atomic mass is 10.1. The van der Waals surface area contributed by atoms with Crippen LogP contribution in [0.15, 0.2) is 58.8 Å². The van der Waals surface area contributed by atoms with Crippen LogP contribution in [0, 0.1) is 0 Å². The number of unbranched alkanes of at least 4 members (excludes halogenated alkanes) is 1. The summed E-state index contributed by atoms with van der Waals surface area (Å²) < 4.78 is 7.35. The number of aryl methyl sites for hydroxylation is 1. The van der Waals surface area contributed by atoms with Gasteiger partial charge in [-0.05, 0) is 36.3 Å². The Kier molecular flexibility index (Phi) is 6.71. The van der Waals surface area contributed by atoms with Crippen molar-refractivity contribution < 1.29 is 14.3 Å². The molecule has 6 heteroatoms. The first kappa shape index (κ1) is 20.0. The van der Waals surface area contributed by atoms with E-state index in [1.54, 1.807) is 30.7 Å². The molecule has 28 heavy (non-hydrogen) atoms. The van der Waals surface area contributed by atoms with Crippen LogP contribution < -0.4 is 0 Å². The molecule has 0 fully saturated rings. The van der Waals surface area contributed by atoms with Gasteiger partial charge in [0.05, 0.1) is 24.7 Å². The van der Waals surface area contributed by atoms with E-state index in [0.29, 0.717) is 17.3 Å². The smallest absolute Gasteiger partial charge is 0.332 e. The third-order valence-electron chi connectivity index (χ3n) is 4.55. The Morgan fingerprint density at radius 3 is 2.79 bits per heavy atom. The maximum Gasteiger partial charge on any atom is 0.332 e. The van der Waals surface area contributed by atoms with Crippen molar-refractivity contribution in [3.05, 3.63) is 82.3 Å². The van der Waals surface area contributed by atoms with Gasteiger partial charge in [0.1, 0.15) is 11.6 Å². The molecule has 2 aromatic heterocycles. The molecule has 0 spiro atoms. The van der Waals surface area contributed by atoms with E-state index in [-0.39, 0.29) is 12.0 Å². The van der Waals surface area contributed by atoms with Gasteiger partial charge in [0.15, 0.2) is 0 Å². The molecule has 146 valence electrons. The molecule has 0 aliphatic carbocycles. The second-order valence-electron chi connectivity index (χ2n) is 6.61. The molecule has 3 rings (SSSR count). The molecule has 0 saturated carbocycles. The molecular weight excluding hydrogens is 376 g/mol. The molecule has 0 unspecified atom stereocenters. The molecule has 0 amide bonds. The summed E-state index contributed by atoms with van der Waals surface area (Å²) in [6.45, 7) is 2.67. The van der Waals surface area contributed by atoms with Crippen LogP contribution in [0.1, 0.15) is 42.6 Å². The van der Waals surface area contributed by atoms with Gasteiger partial charge < -0.3 is 14.1 Å². The number of nitrogens with zero attached hydrogens (tertiary/aromatic N) is 2. The Hall–Kier alpha value is -2.79. The van der Waals surface area contributed by atoms with Gasteiger partial charge in [-0.1, -0.05) is 43.1 Å². The van der Waals surface area contributed by atoms with Crippen molar-refractivity contribution in [1.29, 1.82) is 0 Å². The molecule has 5 nitrogen and oxygen atoms in total. The number of carbonyl (C=O) groups is 1. The molecule has 0 saturated heterocycles. The lowest BCUT2D eigenvalue weighted by Crippen LogP contribution is -2.09. The number of carboxylic acids is 1. The Bertz CT molecular complexity index is 958. The number of carboxylic acid groups (broad SMARTS) is 1. The van der Waals surface area contributed by atoms with E-state index in [9.17, 15) is 9.90 Å². The number of hydrogen-bond donors (Lipinski definition) is 1. The van der Waals surface area contributed by atoms with Crippen molar-refractivity contribution in [2.45, 2.75) is 39.2 Å². The molecule has 3 aromatic rings. The predicted octanol–water partition coefficient (Wildman–Crippen LogP) is 5.23. The second kappa shape index (κ2) is 9.42. The fraction of sp³-hybridized carbons (Fsp3) is 0.273. The van der Waals surface area contributed by atoms with Gasteiger partial charge in [0.25, 0.3) is 0 Å². The van der Waals surface area contributed by atoms with Crippen molar-refractivity contribution in [2.75, 3.05) is 0 Å². The van der Waals surface area contributed by atoms with Gasteiger partial charge in [0, 0.05) is 23.4 Å². The van der Waals surface area contributed by atoms with Gasteiger partial charge in [0.2, 0.25) is 0 Å². The SMILES string of the molecule is CCCCc1ncc(/C=C(\Cc2ccco2)C(=O)O)n1Cc1ccccc1Cl. The van der Waals surface area contributed by atoms with Gasteiger partial charge >= 0.3 is 5.97 Å². The second-order valence-corrected chi connectivity index (χ2v) is 7.02. The maximum absolute atomic E-state index is 11.8. The summed E-state index contributed by atoms with van der Waals surface area (Å²) in [6.07, 6.45) is 8.06. The van der Waals surface area contributed by atoms with Crippen LogP contribution in [0.3, 0.4) is 0 Å². The van der Waals surface area contributed by atoms with Gasteiger partial charge in [-0.2, -0.15) is 0 Å². The molecule has 0 atom stereocenters. The first-order valence-corrected chi connectivity index (χ1v) is 9.70. The quantitative estimate of drug-likeness (QED) is 0.501. The monoisotopic (exact) mass is 398 g/mol. The highest BCUT2D eigenvalue weighted by molar-refractivity contribution is 6.31. The summed E-state index contributed by atoms with van der Waals surface area (Å²) in [5, 5.41) is 10.3. The van der Waals surface area contributed by atoms with E-state index in [2.05, 4.69) is 11.9 Å². The average molecular weight is 399 g/mol. The van der Waals surface area contributed by atoms with Crippen molar-refractivity contribution in [3.63, 3.8) is 0 Å². The first-order valence-electron chi connectivity index (χ1n) is 9.32. The lowest BCUT2D eigenvalue weighted by Gasteiger charge is -2.12. The minimum Gasteiger partial charge on any atom is -0.478 e. The van der Waals surface area contributed by atoms with Crippen molar-refractivity contribution in [1.82, 2.24) is 9.55 Å². The summed E-state index contributed by atoms with van der Waals surface area (Å²) in [7, 11) is 0. The number of imidazole rings is 1. The fourth-order valence-electron chi connectivity index (χ4n) is 3.03. The number of aromatic nitrogens is 2. The Balaban J connectivity index is 1.97. The number of rotatable bonds is 9. The highest BCUT2D eigenvalue weighted by Crippen LogP contribution is 2.21. The number of benzene rings is 1. The van der Waals surface area contributed by atoms with Gasteiger partial charge in [-0.15, -0.1) is 0 Å². The molecule has 0 aliphatic heterocycles. The van der Waals surface area contributed by atoms with Gasteiger partial charge in [-0.3, -0.25) is 0 Å². The Labute approximate surface area is 169 Å². The standard InChI is InChI=1S/C22H23ClN2O3/c1-2-3-10-21-24-14-18(25(21)15-16-7-4-5-9-20(16)23)12-17(22(26)27)13-19-8-6-11-28-19/h4-9,11-12,14H,2-3,10,13,15H2,1H3,(H,26,27)/b17-12+. The number of hydrogen-bond acceptors (Lipinski definition) is 3. The van der Waals surface area contributed by atoms with E-state index in [0.717, 1.165) is 36.3 Å². The number of aliphatic carboxylic acids is 1. The lowest BCUT2D eigenvalue weighted by molar-refractivity contribution is -0.132. The zero-order chi connectivity index (χ0) is 19.9. The normalized spacial score (nSPS) is 11.7. The van der Waals surface area contributed by atoms with Crippen LogP contribution in [0.2, 0.25) is 5.02 Å². The van der Waals surface area contributed by atoms with Crippen LogP contribution in [0.5, 0.6) is 0 Å². The fourth-order valence-corrected chi connectivity index (χ4v) is 3.22. The van der Waals surface area contributed by atoms with E-state index in [1.807, 2.05) is 28.8 Å². The summed E-state index contributed by atoms with van der Waals surface area (Å²) in [5.74, 6) is 0.560. The van der Waals surface area contributed by atoms with Gasteiger partial charge in [-0.25, -0.2) is 9.78 Å². The van der Waals surface area contributed by atoms with Crippen LogP contribution in [0.4, 0.5) is 0 Å². The van der Waals surface area contributed by atoms with Crippen LogP contribution in [-0.4, -0.2) is 20.6 Å². The summed E-state index contributed by atoms with van der Waals surface area (Å²) >= 11 is 6.35. The topological polar surface area (TPSA) is 68.3 Å². The summed E-state index contributed by atoms with van der Waals surface area (Å²) in [4.78, 5) is 16.3. The molecule has 0 aliphatic rings. The highest BCUT2D eigenvalue weighted by Gasteiger charge is 2.15. The molecular formula is C22H23ClN2O3. The van der Waals surface area contributed by atoms with E-state index >= 15 is 0 Å². The van der Waals surface area contributed by atoms with E-state index in [1.165, 1.54) is 0 Å². The summed E-state index contributed by atoms with van der Waals surface area (Å²) in [5.41, 5.74) is 1.96. The third kappa shape index (κ3) is 4.93. The highest BCUT2D eigenvalue weighted by atomic mass is 35.5. The molecule has 1 aromatic carbocycles. The van der Waals surface area contributed by atoms with E-state index in [4.69, 9.17) is 16.0 Å².